The van der Waals surface area contributed by atoms with Crippen LogP contribution in [0.3, 0.4) is 0 Å². The van der Waals surface area contributed by atoms with E-state index in [0.717, 1.165) is 11.3 Å². The second-order valence-electron chi connectivity index (χ2n) is 4.43. The van der Waals surface area contributed by atoms with E-state index in [1.165, 1.54) is 6.07 Å². The third-order valence-corrected chi connectivity index (χ3v) is 2.50. The Balaban J connectivity index is 3.21. The summed E-state index contributed by atoms with van der Waals surface area (Å²) >= 11 is 0. The van der Waals surface area contributed by atoms with Gasteiger partial charge in [-0.2, -0.15) is 0 Å². The van der Waals surface area contributed by atoms with Gasteiger partial charge in [0.15, 0.2) is 0 Å². The first-order chi connectivity index (χ1) is 7.38. The van der Waals surface area contributed by atoms with Gasteiger partial charge in [0.05, 0.1) is 5.69 Å². The summed E-state index contributed by atoms with van der Waals surface area (Å²) in [6.07, 6.45) is 0. The van der Waals surface area contributed by atoms with Crippen LogP contribution >= 0.6 is 0 Å². The molecule has 0 fully saturated rings. The molecule has 0 aromatic carbocycles. The van der Waals surface area contributed by atoms with Crippen molar-refractivity contribution in [2.24, 2.45) is 5.84 Å². The number of nitrogens with two attached hydrogens (primary N) is 1. The van der Waals surface area contributed by atoms with Crippen LogP contribution in [0.2, 0.25) is 0 Å². The average molecular weight is 223 g/mol. The Hall–Kier alpha value is -1.46. The van der Waals surface area contributed by atoms with Crippen molar-refractivity contribution < 1.29 is 9.90 Å². The molecule has 4 N–H and O–H groups in total. The van der Waals surface area contributed by atoms with Gasteiger partial charge in [0, 0.05) is 12.0 Å². The van der Waals surface area contributed by atoms with Crippen LogP contribution in [-0.2, 0) is 5.41 Å². The standard InChI is InChI=1S/C11H17N3O2/c1-7-4-5-8(10(15)16)14-9(7)11(2,3)6-13-12/h4-5,13H,6,12H2,1-3H3,(H,15,16). The predicted octanol–water partition coefficient (Wildman–Crippen LogP) is 0.829. The lowest BCUT2D eigenvalue weighted by molar-refractivity contribution is 0.0690. The summed E-state index contributed by atoms with van der Waals surface area (Å²) in [5.74, 6) is 4.29. The molecule has 0 aliphatic rings. The molecule has 1 aromatic rings. The highest BCUT2D eigenvalue weighted by molar-refractivity contribution is 5.85. The van der Waals surface area contributed by atoms with E-state index < -0.39 is 5.97 Å². The van der Waals surface area contributed by atoms with Crippen LogP contribution in [0.1, 0.15) is 35.6 Å². The van der Waals surface area contributed by atoms with E-state index in [9.17, 15) is 4.79 Å². The zero-order valence-corrected chi connectivity index (χ0v) is 9.74. The van der Waals surface area contributed by atoms with Crippen molar-refractivity contribution in [2.45, 2.75) is 26.2 Å². The number of rotatable bonds is 4. The van der Waals surface area contributed by atoms with Gasteiger partial charge >= 0.3 is 5.97 Å². The first kappa shape index (κ1) is 12.6. The number of hydrazine groups is 1. The summed E-state index contributed by atoms with van der Waals surface area (Å²) in [5, 5.41) is 8.89. The van der Waals surface area contributed by atoms with E-state index in [4.69, 9.17) is 10.9 Å². The van der Waals surface area contributed by atoms with Crippen molar-refractivity contribution >= 4 is 5.97 Å². The molecular weight excluding hydrogens is 206 g/mol. The van der Waals surface area contributed by atoms with Crippen molar-refractivity contribution in [2.75, 3.05) is 6.54 Å². The largest absolute Gasteiger partial charge is 0.477 e. The first-order valence-electron chi connectivity index (χ1n) is 5.03. The van der Waals surface area contributed by atoms with Crippen LogP contribution in [0.5, 0.6) is 0 Å². The second-order valence-corrected chi connectivity index (χ2v) is 4.43. The lowest BCUT2D eigenvalue weighted by Crippen LogP contribution is -2.38. The highest BCUT2D eigenvalue weighted by Crippen LogP contribution is 2.23. The van der Waals surface area contributed by atoms with Gasteiger partial charge in [-0.3, -0.25) is 11.3 Å². The number of aromatic nitrogens is 1. The van der Waals surface area contributed by atoms with E-state index in [1.54, 1.807) is 6.07 Å². The van der Waals surface area contributed by atoms with Crippen LogP contribution in [0.4, 0.5) is 0 Å². The summed E-state index contributed by atoms with van der Waals surface area (Å²) in [4.78, 5) is 15.0. The molecule has 1 aromatic heterocycles. The quantitative estimate of drug-likeness (QED) is 0.519. The zero-order valence-electron chi connectivity index (χ0n) is 9.74. The number of pyridine rings is 1. The third-order valence-electron chi connectivity index (χ3n) is 2.50. The Morgan fingerprint density at radius 2 is 2.19 bits per heavy atom. The topological polar surface area (TPSA) is 88.2 Å². The van der Waals surface area contributed by atoms with Crippen molar-refractivity contribution in [3.8, 4) is 0 Å². The summed E-state index contributed by atoms with van der Waals surface area (Å²) in [7, 11) is 0. The van der Waals surface area contributed by atoms with Gasteiger partial charge < -0.3 is 5.11 Å². The van der Waals surface area contributed by atoms with Gasteiger partial charge in [-0.15, -0.1) is 0 Å². The van der Waals surface area contributed by atoms with E-state index >= 15 is 0 Å². The van der Waals surface area contributed by atoms with Gasteiger partial charge in [0.1, 0.15) is 5.69 Å². The van der Waals surface area contributed by atoms with Crippen LogP contribution in [-0.4, -0.2) is 22.6 Å². The Kier molecular flexibility index (Phi) is 3.62. The molecule has 0 aliphatic heterocycles. The molecular formula is C11H17N3O2. The summed E-state index contributed by atoms with van der Waals surface area (Å²) < 4.78 is 0. The second kappa shape index (κ2) is 4.59. The summed E-state index contributed by atoms with van der Waals surface area (Å²) in [6, 6.07) is 3.27. The lowest BCUT2D eigenvalue weighted by atomic mass is 9.86. The van der Waals surface area contributed by atoms with E-state index in [-0.39, 0.29) is 11.1 Å². The third kappa shape index (κ3) is 2.56. The summed E-state index contributed by atoms with van der Waals surface area (Å²) in [5.41, 5.74) is 4.07. The summed E-state index contributed by atoms with van der Waals surface area (Å²) in [6.45, 7) is 6.37. The fraction of sp³-hybridized carbons (Fsp3) is 0.455. The molecule has 0 saturated heterocycles. The van der Waals surface area contributed by atoms with Crippen molar-refractivity contribution in [1.29, 1.82) is 0 Å². The molecule has 0 amide bonds. The highest BCUT2D eigenvalue weighted by atomic mass is 16.4. The Labute approximate surface area is 94.7 Å². The van der Waals surface area contributed by atoms with Crippen LogP contribution in [0.25, 0.3) is 0 Å². The number of nitrogens with zero attached hydrogens (tertiary/aromatic N) is 1. The zero-order chi connectivity index (χ0) is 12.3. The maximum Gasteiger partial charge on any atom is 0.354 e. The molecule has 0 saturated carbocycles. The minimum Gasteiger partial charge on any atom is -0.477 e. The van der Waals surface area contributed by atoms with Crippen LogP contribution < -0.4 is 11.3 Å². The number of nitrogens with one attached hydrogen (secondary N) is 1. The number of carboxylic acid groups (broad SMARTS) is 1. The molecule has 88 valence electrons. The first-order valence-corrected chi connectivity index (χ1v) is 5.03. The van der Waals surface area contributed by atoms with Crippen LogP contribution in [0.15, 0.2) is 12.1 Å². The van der Waals surface area contributed by atoms with Crippen LogP contribution in [0, 0.1) is 6.92 Å². The van der Waals surface area contributed by atoms with Gasteiger partial charge in [-0.25, -0.2) is 9.78 Å². The lowest BCUT2D eigenvalue weighted by Gasteiger charge is -2.25. The smallest absolute Gasteiger partial charge is 0.354 e. The average Bonchev–Trinajstić information content (AvgIpc) is 2.17. The van der Waals surface area contributed by atoms with Gasteiger partial charge in [-0.05, 0) is 18.6 Å². The number of aromatic carboxylic acids is 1. The van der Waals surface area contributed by atoms with Crippen molar-refractivity contribution in [3.05, 3.63) is 29.1 Å². The monoisotopic (exact) mass is 223 g/mol. The number of carbonyl (C=O) groups is 1. The molecule has 0 bridgehead atoms. The molecule has 0 unspecified atom stereocenters. The molecule has 0 atom stereocenters. The minimum absolute atomic E-state index is 0.0608. The minimum atomic E-state index is -1.02. The van der Waals surface area contributed by atoms with E-state index in [1.807, 2.05) is 20.8 Å². The molecule has 5 nitrogen and oxygen atoms in total. The van der Waals surface area contributed by atoms with E-state index in [0.29, 0.717) is 6.54 Å². The Morgan fingerprint density at radius 1 is 1.56 bits per heavy atom. The predicted molar refractivity (Wildman–Crippen MR) is 61.1 cm³/mol. The SMILES string of the molecule is Cc1ccc(C(=O)O)nc1C(C)(C)CNN. The molecule has 1 rings (SSSR count). The van der Waals surface area contributed by atoms with Gasteiger partial charge in [0.25, 0.3) is 0 Å². The highest BCUT2D eigenvalue weighted by Gasteiger charge is 2.24. The molecule has 1 heterocycles. The maximum atomic E-state index is 10.8. The number of carboxylic acids is 1. The molecule has 0 spiro atoms. The number of hydrogen-bond acceptors (Lipinski definition) is 4. The van der Waals surface area contributed by atoms with Gasteiger partial charge in [0.2, 0.25) is 0 Å². The van der Waals surface area contributed by atoms with Crippen molar-refractivity contribution in [3.63, 3.8) is 0 Å². The molecule has 16 heavy (non-hydrogen) atoms. The fourth-order valence-corrected chi connectivity index (χ4v) is 1.67. The molecule has 5 heteroatoms. The number of aryl methyl sites for hydroxylation is 1. The molecule has 0 aliphatic carbocycles. The Bertz CT molecular complexity index is 402. The van der Waals surface area contributed by atoms with Crippen molar-refractivity contribution in [1.82, 2.24) is 10.4 Å². The maximum absolute atomic E-state index is 10.8. The van der Waals surface area contributed by atoms with E-state index in [2.05, 4.69) is 10.4 Å². The van der Waals surface area contributed by atoms with Gasteiger partial charge in [-0.1, -0.05) is 19.9 Å². The Morgan fingerprint density at radius 3 is 2.69 bits per heavy atom. The fourth-order valence-electron chi connectivity index (χ4n) is 1.67. The normalized spacial score (nSPS) is 11.5. The number of hydrogen-bond donors (Lipinski definition) is 3. The molecule has 0 radical (unpaired) electrons.